The Morgan fingerprint density at radius 3 is 2.93 bits per heavy atom. The van der Waals surface area contributed by atoms with E-state index in [4.69, 9.17) is 10.5 Å². The molecule has 1 aliphatic rings. The first-order valence-electron chi connectivity index (χ1n) is 5.10. The second kappa shape index (κ2) is 3.28. The van der Waals surface area contributed by atoms with Gasteiger partial charge in [-0.25, -0.2) is 0 Å². The molecule has 0 saturated carbocycles. The van der Waals surface area contributed by atoms with Crippen molar-refractivity contribution in [1.29, 1.82) is 0 Å². The lowest BCUT2D eigenvalue weighted by Crippen LogP contribution is -2.27. The molecule has 0 spiro atoms. The topological polar surface area (TPSA) is 35.2 Å². The summed E-state index contributed by atoms with van der Waals surface area (Å²) in [5.74, 6) is 1.05. The molecule has 0 unspecified atom stereocenters. The van der Waals surface area contributed by atoms with Crippen LogP contribution < -0.4 is 10.5 Å². The molecule has 14 heavy (non-hydrogen) atoms. The van der Waals surface area contributed by atoms with Gasteiger partial charge in [-0.05, 0) is 17.2 Å². The number of nitrogens with two attached hydrogens (primary N) is 1. The Bertz CT molecular complexity index is 344. The zero-order chi connectivity index (χ0) is 10.2. The fourth-order valence-electron chi connectivity index (χ4n) is 1.71. The van der Waals surface area contributed by atoms with Gasteiger partial charge < -0.3 is 10.5 Å². The summed E-state index contributed by atoms with van der Waals surface area (Å²) in [5.41, 5.74) is 8.37. The number of fused-ring (bicyclic) bond motifs is 1. The quantitative estimate of drug-likeness (QED) is 0.774. The molecule has 0 aliphatic carbocycles. The normalized spacial score (nSPS) is 15.1. The van der Waals surface area contributed by atoms with Gasteiger partial charge in [-0.2, -0.15) is 0 Å². The Morgan fingerprint density at radius 1 is 1.43 bits per heavy atom. The first-order chi connectivity index (χ1) is 6.63. The average molecular weight is 191 g/mol. The number of rotatable bonds is 2. The smallest absolute Gasteiger partial charge is 0.122 e. The summed E-state index contributed by atoms with van der Waals surface area (Å²) in [4.78, 5) is 0. The van der Waals surface area contributed by atoms with E-state index in [1.807, 2.05) is 0 Å². The highest BCUT2D eigenvalue weighted by atomic mass is 16.5. The van der Waals surface area contributed by atoms with Crippen LogP contribution in [-0.4, -0.2) is 13.2 Å². The van der Waals surface area contributed by atoms with E-state index in [9.17, 15) is 0 Å². The van der Waals surface area contributed by atoms with Crippen LogP contribution >= 0.6 is 0 Å². The van der Waals surface area contributed by atoms with Crippen molar-refractivity contribution in [2.24, 2.45) is 5.73 Å². The largest absolute Gasteiger partial charge is 0.493 e. The van der Waals surface area contributed by atoms with Gasteiger partial charge in [0.2, 0.25) is 0 Å². The van der Waals surface area contributed by atoms with Crippen LogP contribution in [-0.2, 0) is 11.8 Å². The first-order valence-corrected chi connectivity index (χ1v) is 5.10. The third-order valence-corrected chi connectivity index (χ3v) is 2.99. The summed E-state index contributed by atoms with van der Waals surface area (Å²) in [5, 5.41) is 0. The fourth-order valence-corrected chi connectivity index (χ4v) is 1.71. The van der Waals surface area contributed by atoms with Gasteiger partial charge in [-0.3, -0.25) is 0 Å². The lowest BCUT2D eigenvalue weighted by molar-refractivity contribution is 0.355. The molecule has 1 heterocycles. The van der Waals surface area contributed by atoms with E-state index in [0.717, 1.165) is 18.8 Å². The van der Waals surface area contributed by atoms with E-state index in [1.165, 1.54) is 11.1 Å². The molecule has 0 bridgehead atoms. The molecule has 0 atom stereocenters. The van der Waals surface area contributed by atoms with Gasteiger partial charge in [-0.15, -0.1) is 0 Å². The highest BCUT2D eigenvalue weighted by Gasteiger charge is 2.21. The Morgan fingerprint density at radius 2 is 2.21 bits per heavy atom. The summed E-state index contributed by atoms with van der Waals surface area (Å²) < 4.78 is 5.54. The molecule has 2 rings (SSSR count). The molecule has 0 saturated heterocycles. The van der Waals surface area contributed by atoms with Crippen molar-refractivity contribution in [2.75, 3.05) is 13.2 Å². The molecule has 0 radical (unpaired) electrons. The molecule has 0 amide bonds. The van der Waals surface area contributed by atoms with E-state index >= 15 is 0 Å². The number of ether oxygens (including phenoxy) is 1. The predicted octanol–water partition coefficient (Wildman–Crippen LogP) is 1.86. The number of benzene rings is 1. The Balaban J connectivity index is 2.38. The molecule has 1 aromatic carbocycles. The molecule has 0 fully saturated rings. The van der Waals surface area contributed by atoms with Crippen LogP contribution in [0, 0.1) is 0 Å². The number of hydrogen-bond donors (Lipinski definition) is 1. The average Bonchev–Trinajstić information content (AvgIpc) is 2.64. The van der Waals surface area contributed by atoms with Crippen LogP contribution in [0.15, 0.2) is 18.2 Å². The van der Waals surface area contributed by atoms with Gasteiger partial charge in [0, 0.05) is 18.4 Å². The monoisotopic (exact) mass is 191 g/mol. The minimum Gasteiger partial charge on any atom is -0.493 e. The molecular formula is C12H17NO. The fraction of sp³-hybridized carbons (Fsp3) is 0.500. The van der Waals surface area contributed by atoms with Crippen LogP contribution in [0.3, 0.4) is 0 Å². The highest BCUT2D eigenvalue weighted by Crippen LogP contribution is 2.31. The standard InChI is InChI=1S/C12H17NO/c1-12(2,8-13)10-4-3-9-5-6-14-11(9)7-10/h3-4,7H,5-6,8,13H2,1-2H3. The van der Waals surface area contributed by atoms with Gasteiger partial charge in [0.25, 0.3) is 0 Å². The van der Waals surface area contributed by atoms with Crippen molar-refractivity contribution in [3.05, 3.63) is 29.3 Å². The zero-order valence-corrected chi connectivity index (χ0v) is 8.84. The second-order valence-corrected chi connectivity index (χ2v) is 4.51. The molecule has 1 aromatic rings. The van der Waals surface area contributed by atoms with E-state index in [-0.39, 0.29) is 5.41 Å². The molecular weight excluding hydrogens is 174 g/mol. The Hall–Kier alpha value is -1.02. The van der Waals surface area contributed by atoms with Crippen LogP contribution in [0.2, 0.25) is 0 Å². The van der Waals surface area contributed by atoms with Crippen molar-refractivity contribution < 1.29 is 4.74 Å². The maximum Gasteiger partial charge on any atom is 0.122 e. The van der Waals surface area contributed by atoms with E-state index in [1.54, 1.807) is 0 Å². The first kappa shape index (κ1) is 9.53. The number of hydrogen-bond acceptors (Lipinski definition) is 2. The third-order valence-electron chi connectivity index (χ3n) is 2.99. The minimum absolute atomic E-state index is 0.0426. The van der Waals surface area contributed by atoms with Gasteiger partial charge >= 0.3 is 0 Å². The van der Waals surface area contributed by atoms with Gasteiger partial charge in [0.05, 0.1) is 6.61 Å². The summed E-state index contributed by atoms with van der Waals surface area (Å²) in [6.45, 7) is 5.79. The molecule has 1 aliphatic heterocycles. The maximum absolute atomic E-state index is 5.74. The lowest BCUT2D eigenvalue weighted by Gasteiger charge is -2.23. The van der Waals surface area contributed by atoms with Crippen molar-refractivity contribution >= 4 is 0 Å². The second-order valence-electron chi connectivity index (χ2n) is 4.51. The van der Waals surface area contributed by atoms with Crippen molar-refractivity contribution in [3.63, 3.8) is 0 Å². The van der Waals surface area contributed by atoms with Crippen molar-refractivity contribution in [1.82, 2.24) is 0 Å². The summed E-state index contributed by atoms with van der Waals surface area (Å²) in [6.07, 6.45) is 1.04. The van der Waals surface area contributed by atoms with Crippen LogP contribution in [0.25, 0.3) is 0 Å². The summed E-state index contributed by atoms with van der Waals surface area (Å²) in [6, 6.07) is 6.46. The highest BCUT2D eigenvalue weighted by molar-refractivity contribution is 5.42. The Kier molecular flexibility index (Phi) is 2.23. The summed E-state index contributed by atoms with van der Waals surface area (Å²) in [7, 11) is 0. The van der Waals surface area contributed by atoms with Crippen molar-refractivity contribution in [2.45, 2.75) is 25.7 Å². The predicted molar refractivity (Wildman–Crippen MR) is 57.7 cm³/mol. The minimum atomic E-state index is 0.0426. The van der Waals surface area contributed by atoms with Crippen LogP contribution in [0.5, 0.6) is 5.75 Å². The Labute approximate surface area is 85.1 Å². The SMILES string of the molecule is CC(C)(CN)c1ccc2c(c1)OCC2. The van der Waals surface area contributed by atoms with E-state index < -0.39 is 0 Å². The lowest BCUT2D eigenvalue weighted by atomic mass is 9.84. The zero-order valence-electron chi connectivity index (χ0n) is 8.84. The van der Waals surface area contributed by atoms with E-state index in [0.29, 0.717) is 6.54 Å². The van der Waals surface area contributed by atoms with Crippen LogP contribution in [0.1, 0.15) is 25.0 Å². The van der Waals surface area contributed by atoms with Gasteiger partial charge in [-0.1, -0.05) is 26.0 Å². The summed E-state index contributed by atoms with van der Waals surface area (Å²) >= 11 is 0. The maximum atomic E-state index is 5.74. The third kappa shape index (κ3) is 1.50. The molecule has 0 aromatic heterocycles. The van der Waals surface area contributed by atoms with E-state index in [2.05, 4.69) is 32.0 Å². The van der Waals surface area contributed by atoms with Crippen LogP contribution in [0.4, 0.5) is 0 Å². The molecule has 2 nitrogen and oxygen atoms in total. The van der Waals surface area contributed by atoms with Gasteiger partial charge in [0.1, 0.15) is 5.75 Å². The molecule has 76 valence electrons. The van der Waals surface area contributed by atoms with Gasteiger partial charge in [0.15, 0.2) is 0 Å². The van der Waals surface area contributed by atoms with Crippen molar-refractivity contribution in [3.8, 4) is 5.75 Å². The molecule has 2 N–H and O–H groups in total. The molecule has 2 heteroatoms.